The molecule has 2 aromatic carbocycles. The first-order chi connectivity index (χ1) is 14.5. The monoisotopic (exact) mass is 441 g/mol. The molecule has 0 unspecified atom stereocenters. The van der Waals surface area contributed by atoms with E-state index in [4.69, 9.17) is 21.1 Å². The molecule has 30 heavy (non-hydrogen) atoms. The fraction of sp³-hybridized carbons (Fsp3) is 0.143. The predicted molar refractivity (Wildman–Crippen MR) is 116 cm³/mol. The maximum absolute atomic E-state index is 12.9. The summed E-state index contributed by atoms with van der Waals surface area (Å²) in [6.45, 7) is 0. The Morgan fingerprint density at radius 1 is 1.13 bits per heavy atom. The molecule has 0 atom stereocenters. The maximum atomic E-state index is 12.9. The minimum absolute atomic E-state index is 0.154. The highest BCUT2D eigenvalue weighted by atomic mass is 35.5. The molecule has 152 valence electrons. The first-order valence-electron chi connectivity index (χ1n) is 8.90. The van der Waals surface area contributed by atoms with Crippen molar-refractivity contribution in [3.05, 3.63) is 89.5 Å². The second kappa shape index (κ2) is 8.25. The van der Waals surface area contributed by atoms with Crippen LogP contribution in [0.15, 0.2) is 52.1 Å². The first-order valence-corrected chi connectivity index (χ1v) is 10.1. The highest BCUT2D eigenvalue weighted by molar-refractivity contribution is 7.15. The average molecular weight is 442 g/mol. The molecule has 7 nitrogen and oxygen atoms in total. The molecular formula is C21H16ClN3O4S. The van der Waals surface area contributed by atoms with Gasteiger partial charge in [-0.15, -0.1) is 0 Å². The lowest BCUT2D eigenvalue weighted by molar-refractivity contribution is 0.402. The molecule has 0 aliphatic heterocycles. The van der Waals surface area contributed by atoms with Gasteiger partial charge in [-0.25, -0.2) is 0 Å². The zero-order valence-electron chi connectivity index (χ0n) is 16.1. The molecular weight excluding hydrogens is 426 g/mol. The van der Waals surface area contributed by atoms with E-state index in [0.717, 1.165) is 21.4 Å². The number of thiazole rings is 1. The van der Waals surface area contributed by atoms with Gasteiger partial charge in [-0.3, -0.25) is 9.59 Å². The topological polar surface area (TPSA) is 82.8 Å². The number of methoxy groups -OCH3 is 2. The third-order valence-electron chi connectivity index (χ3n) is 4.49. The van der Waals surface area contributed by atoms with Crippen LogP contribution in [-0.4, -0.2) is 28.8 Å². The van der Waals surface area contributed by atoms with Crippen LogP contribution in [0.4, 0.5) is 0 Å². The van der Waals surface area contributed by atoms with Crippen LogP contribution in [0.25, 0.3) is 11.0 Å². The van der Waals surface area contributed by atoms with Crippen LogP contribution >= 0.6 is 22.9 Å². The SMILES string of the molecule is COc1ccc(OC)c(C=c2sc3nc(=O)c(Cc4ccccc4Cl)nn3c2=O)c1. The molecule has 0 aliphatic carbocycles. The Labute approximate surface area is 179 Å². The Hall–Kier alpha value is -3.23. The third-order valence-corrected chi connectivity index (χ3v) is 5.82. The average Bonchev–Trinajstić information content (AvgIpc) is 3.04. The number of aromatic nitrogens is 3. The number of halogens is 1. The molecule has 0 spiro atoms. The lowest BCUT2D eigenvalue weighted by Gasteiger charge is -2.06. The minimum atomic E-state index is -0.485. The predicted octanol–water partition coefficient (Wildman–Crippen LogP) is 2.32. The van der Waals surface area contributed by atoms with E-state index in [-0.39, 0.29) is 22.6 Å². The molecule has 2 heterocycles. The quantitative estimate of drug-likeness (QED) is 0.472. The molecule has 0 saturated heterocycles. The number of hydrogen-bond donors (Lipinski definition) is 0. The normalized spacial score (nSPS) is 11.8. The van der Waals surface area contributed by atoms with E-state index in [2.05, 4.69) is 10.1 Å². The van der Waals surface area contributed by atoms with Crippen molar-refractivity contribution in [1.82, 2.24) is 14.6 Å². The van der Waals surface area contributed by atoms with Crippen molar-refractivity contribution in [2.75, 3.05) is 14.2 Å². The van der Waals surface area contributed by atoms with Gasteiger partial charge < -0.3 is 9.47 Å². The van der Waals surface area contributed by atoms with Crippen LogP contribution < -0.4 is 25.1 Å². The largest absolute Gasteiger partial charge is 0.497 e. The lowest BCUT2D eigenvalue weighted by atomic mass is 10.1. The van der Waals surface area contributed by atoms with E-state index in [1.165, 1.54) is 0 Å². The van der Waals surface area contributed by atoms with E-state index >= 15 is 0 Å². The summed E-state index contributed by atoms with van der Waals surface area (Å²) in [5.74, 6) is 1.21. The highest BCUT2D eigenvalue weighted by Crippen LogP contribution is 2.24. The second-order valence-electron chi connectivity index (χ2n) is 6.35. The summed E-state index contributed by atoms with van der Waals surface area (Å²) in [6.07, 6.45) is 1.86. The van der Waals surface area contributed by atoms with Crippen molar-refractivity contribution < 1.29 is 9.47 Å². The van der Waals surface area contributed by atoms with Crippen LogP contribution in [0.2, 0.25) is 5.02 Å². The molecule has 4 aromatic rings. The van der Waals surface area contributed by atoms with E-state index in [1.807, 2.05) is 6.07 Å². The van der Waals surface area contributed by atoms with Gasteiger partial charge in [-0.2, -0.15) is 14.6 Å². The van der Waals surface area contributed by atoms with E-state index in [1.54, 1.807) is 56.7 Å². The van der Waals surface area contributed by atoms with Gasteiger partial charge in [0.1, 0.15) is 17.2 Å². The van der Waals surface area contributed by atoms with Crippen LogP contribution in [0, 0.1) is 0 Å². The van der Waals surface area contributed by atoms with Gasteiger partial charge in [-0.1, -0.05) is 41.1 Å². The summed E-state index contributed by atoms with van der Waals surface area (Å²) in [5, 5.41) is 4.78. The lowest BCUT2D eigenvalue weighted by Crippen LogP contribution is -2.28. The first kappa shape index (κ1) is 20.1. The van der Waals surface area contributed by atoms with Crippen molar-refractivity contribution in [2.24, 2.45) is 0 Å². The summed E-state index contributed by atoms with van der Waals surface area (Å²) in [5.41, 5.74) is 0.705. The van der Waals surface area contributed by atoms with Crippen LogP contribution in [-0.2, 0) is 6.42 Å². The zero-order valence-corrected chi connectivity index (χ0v) is 17.7. The van der Waals surface area contributed by atoms with Crippen molar-refractivity contribution in [2.45, 2.75) is 6.42 Å². The van der Waals surface area contributed by atoms with E-state index in [9.17, 15) is 9.59 Å². The standard InChI is InChI=1S/C21H16ClN3O4S/c1-28-14-7-8-17(29-2)13(9-14)11-18-20(27)25-21(30-18)23-19(26)16(24-25)10-12-5-3-4-6-15(12)22/h3-9,11H,10H2,1-2H3. The summed E-state index contributed by atoms with van der Waals surface area (Å²) < 4.78 is 12.1. The van der Waals surface area contributed by atoms with Gasteiger partial charge in [-0.05, 0) is 35.9 Å². The molecule has 0 N–H and O–H groups in total. The van der Waals surface area contributed by atoms with Crippen LogP contribution in [0.3, 0.4) is 0 Å². The second-order valence-corrected chi connectivity index (χ2v) is 7.77. The third kappa shape index (κ3) is 3.79. The number of rotatable bonds is 5. The van der Waals surface area contributed by atoms with Crippen molar-refractivity contribution >= 4 is 34.0 Å². The molecule has 9 heteroatoms. The number of nitrogens with zero attached hydrogens (tertiary/aromatic N) is 3. The molecule has 4 rings (SSSR count). The van der Waals surface area contributed by atoms with Gasteiger partial charge in [0.25, 0.3) is 11.1 Å². The Morgan fingerprint density at radius 3 is 2.67 bits per heavy atom. The van der Waals surface area contributed by atoms with Gasteiger partial charge >= 0.3 is 0 Å². The molecule has 2 aromatic heterocycles. The summed E-state index contributed by atoms with van der Waals surface area (Å²) >= 11 is 7.26. The van der Waals surface area contributed by atoms with Crippen molar-refractivity contribution in [3.63, 3.8) is 0 Å². The van der Waals surface area contributed by atoms with Gasteiger partial charge in [0.2, 0.25) is 4.96 Å². The minimum Gasteiger partial charge on any atom is -0.497 e. The Balaban J connectivity index is 1.84. The summed E-state index contributed by atoms with van der Waals surface area (Å²) in [7, 11) is 3.11. The fourth-order valence-corrected chi connectivity index (χ4v) is 4.07. The molecule has 0 aliphatic rings. The van der Waals surface area contributed by atoms with Crippen LogP contribution in [0.1, 0.15) is 16.8 Å². The molecule has 0 fully saturated rings. The maximum Gasteiger partial charge on any atom is 0.296 e. The molecule has 0 saturated carbocycles. The van der Waals surface area contributed by atoms with Crippen molar-refractivity contribution in [3.8, 4) is 11.5 Å². The Morgan fingerprint density at radius 2 is 1.93 bits per heavy atom. The van der Waals surface area contributed by atoms with E-state index in [0.29, 0.717) is 26.6 Å². The smallest absolute Gasteiger partial charge is 0.296 e. The Bertz CT molecular complexity index is 1410. The fourth-order valence-electron chi connectivity index (χ4n) is 2.97. The van der Waals surface area contributed by atoms with Crippen molar-refractivity contribution in [1.29, 1.82) is 0 Å². The summed E-state index contributed by atoms with van der Waals surface area (Å²) in [6, 6.07) is 12.4. The number of hydrogen-bond acceptors (Lipinski definition) is 7. The number of fused-ring (bicyclic) bond motifs is 1. The highest BCUT2D eigenvalue weighted by Gasteiger charge is 2.13. The zero-order chi connectivity index (χ0) is 21.3. The van der Waals surface area contributed by atoms with Gasteiger partial charge in [0.15, 0.2) is 0 Å². The van der Waals surface area contributed by atoms with E-state index < -0.39 is 5.56 Å². The number of ether oxygens (including phenoxy) is 2. The summed E-state index contributed by atoms with van der Waals surface area (Å²) in [4.78, 5) is 29.6. The number of benzene rings is 2. The van der Waals surface area contributed by atoms with Gasteiger partial charge in [0, 0.05) is 17.0 Å². The molecule has 0 bridgehead atoms. The Kier molecular flexibility index (Phi) is 5.52. The molecule has 0 amide bonds. The van der Waals surface area contributed by atoms with Crippen LogP contribution in [0.5, 0.6) is 11.5 Å². The van der Waals surface area contributed by atoms with Gasteiger partial charge in [0.05, 0.1) is 18.8 Å². The molecule has 0 radical (unpaired) electrons.